The van der Waals surface area contributed by atoms with Crippen molar-refractivity contribution in [3.63, 3.8) is 0 Å². The Morgan fingerprint density at radius 2 is 2.24 bits per heavy atom. The molecule has 0 radical (unpaired) electrons. The van der Waals surface area contributed by atoms with Gasteiger partial charge in [0.1, 0.15) is 5.75 Å². The van der Waals surface area contributed by atoms with E-state index in [4.69, 9.17) is 15.7 Å². The monoisotopic (exact) mass is 250 g/mol. The Labute approximate surface area is 107 Å². The molecule has 1 aromatic carbocycles. The minimum atomic E-state index is 0.634. The number of ether oxygens (including phenoxy) is 1. The second-order valence-electron chi connectivity index (χ2n) is 3.60. The summed E-state index contributed by atoms with van der Waals surface area (Å²) in [4.78, 5) is 1.06. The van der Waals surface area contributed by atoms with Gasteiger partial charge in [0, 0.05) is 17.0 Å². The Balaban J connectivity index is 2.46. The Hall–Kier alpha value is -1.34. The Morgan fingerprint density at radius 1 is 1.41 bits per heavy atom. The summed E-state index contributed by atoms with van der Waals surface area (Å²) in [5, 5.41) is 8.43. The van der Waals surface area contributed by atoms with Gasteiger partial charge in [0.2, 0.25) is 0 Å². The summed E-state index contributed by atoms with van der Waals surface area (Å²) in [6, 6.07) is 7.89. The lowest BCUT2D eigenvalue weighted by Crippen LogP contribution is -1.94. The highest BCUT2D eigenvalue weighted by Crippen LogP contribution is 2.29. The molecule has 0 heterocycles. The minimum Gasteiger partial charge on any atom is -0.494 e. The number of hydrogen-bond donors (Lipinski definition) is 1. The van der Waals surface area contributed by atoms with E-state index in [1.807, 2.05) is 25.1 Å². The highest BCUT2D eigenvalue weighted by molar-refractivity contribution is 7.99. The van der Waals surface area contributed by atoms with E-state index < -0.39 is 0 Å². The number of nitrogen functional groups attached to an aromatic ring is 1. The summed E-state index contributed by atoms with van der Waals surface area (Å²) in [7, 11) is 0. The molecule has 0 saturated heterocycles. The molecule has 0 amide bonds. The number of benzene rings is 1. The van der Waals surface area contributed by atoms with Crippen molar-refractivity contribution in [1.29, 1.82) is 5.26 Å². The van der Waals surface area contributed by atoms with Crippen LogP contribution in [0.15, 0.2) is 23.1 Å². The lowest BCUT2D eigenvalue weighted by molar-refractivity contribution is 0.339. The van der Waals surface area contributed by atoms with Crippen LogP contribution in [-0.2, 0) is 0 Å². The van der Waals surface area contributed by atoms with Crippen molar-refractivity contribution in [2.24, 2.45) is 0 Å². The predicted molar refractivity (Wildman–Crippen MR) is 72.2 cm³/mol. The van der Waals surface area contributed by atoms with Gasteiger partial charge in [0.25, 0.3) is 0 Å². The number of unbranched alkanes of at least 4 members (excludes halogenated alkanes) is 2. The molecule has 0 saturated carbocycles. The largest absolute Gasteiger partial charge is 0.494 e. The molecule has 0 aromatic heterocycles. The summed E-state index contributed by atoms with van der Waals surface area (Å²) in [6.07, 6.45) is 2.63. The van der Waals surface area contributed by atoms with Crippen molar-refractivity contribution in [1.82, 2.24) is 0 Å². The molecule has 92 valence electrons. The first-order valence-corrected chi connectivity index (χ1v) is 6.78. The van der Waals surface area contributed by atoms with Gasteiger partial charge in [0.15, 0.2) is 0 Å². The van der Waals surface area contributed by atoms with Crippen molar-refractivity contribution in [3.05, 3.63) is 18.2 Å². The molecule has 3 nitrogen and oxygen atoms in total. The number of nitriles is 1. The topological polar surface area (TPSA) is 59.0 Å². The maximum atomic E-state index is 8.43. The van der Waals surface area contributed by atoms with Gasteiger partial charge in [0.05, 0.1) is 12.7 Å². The molecule has 2 N–H and O–H groups in total. The van der Waals surface area contributed by atoms with E-state index in [-0.39, 0.29) is 0 Å². The normalized spacial score (nSPS) is 9.88. The third kappa shape index (κ3) is 5.01. The van der Waals surface area contributed by atoms with E-state index in [1.54, 1.807) is 11.8 Å². The number of thioether (sulfide) groups is 1. The van der Waals surface area contributed by atoms with Crippen LogP contribution < -0.4 is 10.5 Å². The number of anilines is 1. The van der Waals surface area contributed by atoms with Crippen molar-refractivity contribution < 1.29 is 4.74 Å². The van der Waals surface area contributed by atoms with Gasteiger partial charge in [-0.2, -0.15) is 5.26 Å². The van der Waals surface area contributed by atoms with Crippen molar-refractivity contribution in [3.8, 4) is 11.8 Å². The van der Waals surface area contributed by atoms with E-state index in [9.17, 15) is 0 Å². The minimum absolute atomic E-state index is 0.634. The molecule has 1 rings (SSSR count). The third-order valence-electron chi connectivity index (χ3n) is 2.24. The molecule has 17 heavy (non-hydrogen) atoms. The summed E-state index contributed by atoms with van der Waals surface area (Å²) < 4.78 is 5.43. The molecular weight excluding hydrogens is 232 g/mol. The van der Waals surface area contributed by atoms with Crippen LogP contribution in [0, 0.1) is 11.3 Å². The molecule has 4 heteroatoms. The third-order valence-corrected chi connectivity index (χ3v) is 3.39. The predicted octanol–water partition coefficient (Wildman–Crippen LogP) is 3.45. The van der Waals surface area contributed by atoms with Gasteiger partial charge >= 0.3 is 0 Å². The first-order valence-electron chi connectivity index (χ1n) is 5.80. The summed E-state index contributed by atoms with van der Waals surface area (Å²) in [5.74, 6) is 1.85. The van der Waals surface area contributed by atoms with E-state index in [2.05, 4.69) is 6.07 Å². The lowest BCUT2D eigenvalue weighted by atomic mass is 10.3. The molecule has 0 bridgehead atoms. The molecule has 0 aliphatic rings. The van der Waals surface area contributed by atoms with Crippen molar-refractivity contribution in [2.45, 2.75) is 31.1 Å². The van der Waals surface area contributed by atoms with E-state index >= 15 is 0 Å². The number of hydrogen-bond acceptors (Lipinski definition) is 4. The molecule has 1 aromatic rings. The van der Waals surface area contributed by atoms with E-state index in [1.165, 1.54) is 0 Å². The zero-order valence-corrected chi connectivity index (χ0v) is 10.9. The van der Waals surface area contributed by atoms with Crippen LogP contribution in [0.1, 0.15) is 26.2 Å². The number of rotatable bonds is 7. The van der Waals surface area contributed by atoms with Crippen LogP contribution >= 0.6 is 11.8 Å². The molecule has 0 aliphatic heterocycles. The van der Waals surface area contributed by atoms with Gasteiger partial charge in [-0.25, -0.2) is 0 Å². The van der Waals surface area contributed by atoms with E-state index in [0.29, 0.717) is 13.0 Å². The maximum absolute atomic E-state index is 8.43. The first-order chi connectivity index (χ1) is 8.27. The fraction of sp³-hybridized carbons (Fsp3) is 0.462. The summed E-state index contributed by atoms with van der Waals surface area (Å²) in [5.41, 5.74) is 6.69. The molecule has 0 atom stereocenters. The lowest BCUT2D eigenvalue weighted by Gasteiger charge is -2.08. The summed E-state index contributed by atoms with van der Waals surface area (Å²) in [6.45, 7) is 2.63. The number of nitrogens with two attached hydrogens (primary N) is 1. The van der Waals surface area contributed by atoms with Gasteiger partial charge in [-0.05, 0) is 43.7 Å². The molecule has 0 spiro atoms. The van der Waals surface area contributed by atoms with Crippen LogP contribution in [-0.4, -0.2) is 12.4 Å². The van der Waals surface area contributed by atoms with Crippen LogP contribution in [0.5, 0.6) is 5.75 Å². The zero-order valence-electron chi connectivity index (χ0n) is 10.1. The number of nitrogens with zero attached hydrogens (tertiary/aromatic N) is 1. The fourth-order valence-electron chi connectivity index (χ4n) is 1.38. The van der Waals surface area contributed by atoms with Crippen LogP contribution in [0.25, 0.3) is 0 Å². The van der Waals surface area contributed by atoms with Gasteiger partial charge in [-0.1, -0.05) is 0 Å². The average Bonchev–Trinajstić information content (AvgIpc) is 2.33. The molecule has 0 fully saturated rings. The Kier molecular flexibility index (Phi) is 6.34. The van der Waals surface area contributed by atoms with Crippen LogP contribution in [0.2, 0.25) is 0 Å². The van der Waals surface area contributed by atoms with Crippen LogP contribution in [0.3, 0.4) is 0 Å². The second-order valence-corrected chi connectivity index (χ2v) is 4.73. The smallest absolute Gasteiger partial charge is 0.120 e. The first kappa shape index (κ1) is 13.7. The molecular formula is C13H18N2OS. The zero-order chi connectivity index (χ0) is 12.5. The quantitative estimate of drug-likeness (QED) is 0.457. The second kappa shape index (κ2) is 7.86. The highest BCUT2D eigenvalue weighted by atomic mass is 32.2. The SMILES string of the molecule is CCOc1ccc(N)c(SCCCCC#N)c1. The van der Waals surface area contributed by atoms with Gasteiger partial charge in [-0.15, -0.1) is 11.8 Å². The Bertz CT molecular complexity index is 387. The van der Waals surface area contributed by atoms with Gasteiger partial charge < -0.3 is 10.5 Å². The summed E-state index contributed by atoms with van der Waals surface area (Å²) >= 11 is 1.72. The molecule has 0 aliphatic carbocycles. The average molecular weight is 250 g/mol. The standard InChI is InChI=1S/C13H18N2OS/c1-2-16-11-6-7-12(15)13(10-11)17-9-5-3-4-8-14/h6-7,10H,2-5,9,15H2,1H3. The van der Waals surface area contributed by atoms with Gasteiger partial charge in [-0.3, -0.25) is 0 Å². The fourth-order valence-corrected chi connectivity index (χ4v) is 2.39. The highest BCUT2D eigenvalue weighted by Gasteiger charge is 2.02. The van der Waals surface area contributed by atoms with Crippen molar-refractivity contribution >= 4 is 17.4 Å². The molecule has 0 unspecified atom stereocenters. The Morgan fingerprint density at radius 3 is 2.94 bits per heavy atom. The van der Waals surface area contributed by atoms with E-state index in [0.717, 1.165) is 34.9 Å². The van der Waals surface area contributed by atoms with Crippen LogP contribution in [0.4, 0.5) is 5.69 Å². The maximum Gasteiger partial charge on any atom is 0.120 e. The van der Waals surface area contributed by atoms with Crippen molar-refractivity contribution in [2.75, 3.05) is 18.1 Å².